The molecule has 0 spiro atoms. The lowest BCUT2D eigenvalue weighted by molar-refractivity contribution is 0.0125. The lowest BCUT2D eigenvalue weighted by Gasteiger charge is -2.36. The molecule has 1 aromatic heterocycles. The lowest BCUT2D eigenvalue weighted by Crippen LogP contribution is -2.47. The van der Waals surface area contributed by atoms with E-state index in [2.05, 4.69) is 9.97 Å². The van der Waals surface area contributed by atoms with Crippen molar-refractivity contribution >= 4 is 29.5 Å². The van der Waals surface area contributed by atoms with Crippen LogP contribution in [0.1, 0.15) is 45.7 Å². The number of likely N-dealkylation sites (tertiary alicyclic amines) is 1. The first-order valence-electron chi connectivity index (χ1n) is 7.88. The molecule has 0 saturated carbocycles. The van der Waals surface area contributed by atoms with Crippen LogP contribution in [0.3, 0.4) is 0 Å². The first-order valence-corrected chi connectivity index (χ1v) is 9.24. The van der Waals surface area contributed by atoms with Gasteiger partial charge in [-0.15, -0.1) is 0 Å². The number of carbonyl (C=O) groups is 1. The van der Waals surface area contributed by atoms with Crippen molar-refractivity contribution in [3.63, 3.8) is 0 Å². The summed E-state index contributed by atoms with van der Waals surface area (Å²) in [7, 11) is 0. The smallest absolute Gasteiger partial charge is 0.410 e. The summed E-state index contributed by atoms with van der Waals surface area (Å²) in [5, 5.41) is 1.11. The molecule has 7 heteroatoms. The van der Waals surface area contributed by atoms with Crippen molar-refractivity contribution in [3.05, 3.63) is 16.9 Å². The van der Waals surface area contributed by atoms with Gasteiger partial charge in [0.1, 0.15) is 10.8 Å². The molecule has 5 nitrogen and oxygen atoms in total. The van der Waals surface area contributed by atoms with Gasteiger partial charge in [0, 0.05) is 24.0 Å². The van der Waals surface area contributed by atoms with Gasteiger partial charge in [-0.3, -0.25) is 0 Å². The van der Waals surface area contributed by atoms with E-state index in [4.69, 9.17) is 16.3 Å². The molecule has 2 rings (SSSR count). The highest BCUT2D eigenvalue weighted by Gasteiger charge is 2.30. The van der Waals surface area contributed by atoms with Crippen LogP contribution in [0, 0.1) is 6.92 Å². The third-order valence-corrected chi connectivity index (χ3v) is 4.65. The molecule has 0 bridgehead atoms. The Labute approximate surface area is 147 Å². The van der Waals surface area contributed by atoms with Gasteiger partial charge >= 0.3 is 6.09 Å². The van der Waals surface area contributed by atoms with E-state index < -0.39 is 5.60 Å². The minimum atomic E-state index is -0.473. The third kappa shape index (κ3) is 5.84. The normalized spacial score (nSPS) is 18.8. The van der Waals surface area contributed by atoms with Crippen LogP contribution in [0.4, 0.5) is 4.79 Å². The van der Waals surface area contributed by atoms with Crippen molar-refractivity contribution in [2.45, 2.75) is 63.8 Å². The molecule has 1 fully saturated rings. The maximum absolute atomic E-state index is 12.4. The average Bonchev–Trinajstić information content (AvgIpc) is 2.42. The predicted molar refractivity (Wildman–Crippen MR) is 93.1 cm³/mol. The number of amides is 1. The zero-order valence-electron chi connectivity index (χ0n) is 14.1. The molecule has 2 heterocycles. The summed E-state index contributed by atoms with van der Waals surface area (Å²) in [4.78, 5) is 22.8. The Balaban J connectivity index is 1.99. The number of rotatable bonds is 3. The molecule has 1 saturated heterocycles. The summed E-state index contributed by atoms with van der Waals surface area (Å²) < 4.78 is 5.52. The minimum Gasteiger partial charge on any atom is -0.444 e. The molecule has 0 aromatic carbocycles. The summed E-state index contributed by atoms with van der Waals surface area (Å²) in [5.41, 5.74) is 0.375. The number of hydrogen-bond acceptors (Lipinski definition) is 5. The second-order valence-corrected chi connectivity index (χ2v) is 8.12. The van der Waals surface area contributed by atoms with Crippen LogP contribution < -0.4 is 0 Å². The van der Waals surface area contributed by atoms with Gasteiger partial charge in [-0.05, 0) is 53.0 Å². The SMILES string of the molecule is Cc1cc(Cl)nc(SC[C@@H]2CCCCN2C(=O)OC(C)(C)C)n1. The number of aromatic nitrogens is 2. The number of nitrogens with zero attached hydrogens (tertiary/aromatic N) is 3. The second-order valence-electron chi connectivity index (χ2n) is 6.75. The molecule has 1 aromatic rings. The maximum Gasteiger partial charge on any atom is 0.410 e. The topological polar surface area (TPSA) is 55.3 Å². The van der Waals surface area contributed by atoms with Gasteiger partial charge in [0.05, 0.1) is 0 Å². The van der Waals surface area contributed by atoms with Crippen LogP contribution in [0.15, 0.2) is 11.2 Å². The molecule has 0 radical (unpaired) electrons. The number of halogens is 1. The molecule has 0 aliphatic carbocycles. The number of aryl methyl sites for hydroxylation is 1. The Morgan fingerprint density at radius 2 is 2.17 bits per heavy atom. The van der Waals surface area contributed by atoms with Crippen LogP contribution in [0.25, 0.3) is 0 Å². The molecule has 128 valence electrons. The van der Waals surface area contributed by atoms with Gasteiger partial charge in [-0.2, -0.15) is 0 Å². The van der Waals surface area contributed by atoms with Crippen molar-refractivity contribution in [1.29, 1.82) is 0 Å². The van der Waals surface area contributed by atoms with Crippen molar-refractivity contribution in [2.75, 3.05) is 12.3 Å². The molecule has 1 amide bonds. The fourth-order valence-corrected chi connectivity index (χ4v) is 3.82. The fraction of sp³-hybridized carbons (Fsp3) is 0.688. The van der Waals surface area contributed by atoms with Gasteiger partial charge < -0.3 is 9.64 Å². The van der Waals surface area contributed by atoms with Crippen LogP contribution in [0.2, 0.25) is 5.15 Å². The molecule has 1 aliphatic heterocycles. The highest BCUT2D eigenvalue weighted by molar-refractivity contribution is 7.99. The quantitative estimate of drug-likeness (QED) is 0.458. The summed E-state index contributed by atoms with van der Waals surface area (Å²) >= 11 is 7.51. The highest BCUT2D eigenvalue weighted by atomic mass is 35.5. The second kappa shape index (κ2) is 7.71. The summed E-state index contributed by atoms with van der Waals surface area (Å²) in [5.74, 6) is 0.749. The van der Waals surface area contributed by atoms with Crippen molar-refractivity contribution in [3.8, 4) is 0 Å². The Hall–Kier alpha value is -1.01. The maximum atomic E-state index is 12.4. The molecule has 1 aliphatic rings. The first-order chi connectivity index (χ1) is 10.7. The van der Waals surface area contributed by atoms with Crippen LogP contribution in [-0.2, 0) is 4.74 Å². The predicted octanol–water partition coefficient (Wildman–Crippen LogP) is 4.32. The van der Waals surface area contributed by atoms with E-state index in [1.54, 1.807) is 6.07 Å². The fourth-order valence-electron chi connectivity index (χ4n) is 2.47. The molecule has 23 heavy (non-hydrogen) atoms. The van der Waals surface area contributed by atoms with Gasteiger partial charge in [-0.1, -0.05) is 23.4 Å². The number of thioether (sulfide) groups is 1. The van der Waals surface area contributed by atoms with Gasteiger partial charge in [0.2, 0.25) is 0 Å². The van der Waals surface area contributed by atoms with Crippen LogP contribution >= 0.6 is 23.4 Å². The van der Waals surface area contributed by atoms with Gasteiger partial charge in [0.15, 0.2) is 5.16 Å². The molecular formula is C16H24ClN3O2S. The van der Waals surface area contributed by atoms with E-state index in [1.807, 2.05) is 32.6 Å². The summed E-state index contributed by atoms with van der Waals surface area (Å²) in [6.07, 6.45) is 2.89. The summed E-state index contributed by atoms with van der Waals surface area (Å²) in [6, 6.07) is 1.88. The Morgan fingerprint density at radius 1 is 1.43 bits per heavy atom. The lowest BCUT2D eigenvalue weighted by atomic mass is 10.0. The average molecular weight is 358 g/mol. The number of ether oxygens (including phenoxy) is 1. The van der Waals surface area contributed by atoms with Gasteiger partial charge in [-0.25, -0.2) is 14.8 Å². The summed E-state index contributed by atoms with van der Waals surface area (Å²) in [6.45, 7) is 8.31. The van der Waals surface area contributed by atoms with E-state index in [-0.39, 0.29) is 12.1 Å². The van der Waals surface area contributed by atoms with Crippen molar-refractivity contribution < 1.29 is 9.53 Å². The van der Waals surface area contributed by atoms with Crippen molar-refractivity contribution in [1.82, 2.24) is 14.9 Å². The zero-order chi connectivity index (χ0) is 17.0. The molecule has 0 unspecified atom stereocenters. The molecule has 1 atom stereocenters. The Kier molecular flexibility index (Phi) is 6.14. The van der Waals surface area contributed by atoms with E-state index in [0.29, 0.717) is 10.3 Å². The number of hydrogen-bond donors (Lipinski definition) is 0. The zero-order valence-corrected chi connectivity index (χ0v) is 15.7. The van der Waals surface area contributed by atoms with E-state index >= 15 is 0 Å². The van der Waals surface area contributed by atoms with Crippen molar-refractivity contribution in [2.24, 2.45) is 0 Å². The molecular weight excluding hydrogens is 334 g/mol. The largest absolute Gasteiger partial charge is 0.444 e. The third-order valence-electron chi connectivity index (χ3n) is 3.46. The van der Waals surface area contributed by atoms with Crippen LogP contribution in [0.5, 0.6) is 0 Å². The monoisotopic (exact) mass is 357 g/mol. The molecule has 0 N–H and O–H groups in total. The standard InChI is InChI=1S/C16H24ClN3O2S/c1-11-9-13(17)19-14(18-11)23-10-12-7-5-6-8-20(12)15(21)22-16(2,3)4/h9,12H,5-8,10H2,1-4H3/t12-/m0/s1. The number of carbonyl (C=O) groups excluding carboxylic acids is 1. The van der Waals surface area contributed by atoms with Gasteiger partial charge in [0.25, 0.3) is 0 Å². The Morgan fingerprint density at radius 3 is 2.83 bits per heavy atom. The van der Waals surface area contributed by atoms with E-state index in [1.165, 1.54) is 11.8 Å². The van der Waals surface area contributed by atoms with E-state index in [9.17, 15) is 4.79 Å². The van der Waals surface area contributed by atoms with E-state index in [0.717, 1.165) is 37.3 Å². The first kappa shape index (κ1) is 18.3. The highest BCUT2D eigenvalue weighted by Crippen LogP contribution is 2.26. The Bertz CT molecular complexity index is 542. The minimum absolute atomic E-state index is 0.145. The van der Waals surface area contributed by atoms with Crippen LogP contribution in [-0.4, -0.2) is 44.9 Å². The number of piperidine rings is 1.